The molecule has 2 aromatic carbocycles. The van der Waals surface area contributed by atoms with Gasteiger partial charge in [0.05, 0.1) is 22.6 Å². The number of nitro groups is 1. The molecule has 0 atom stereocenters. The molecule has 1 fully saturated rings. The number of hydrogen-bond donors (Lipinski definition) is 0. The molecule has 0 radical (unpaired) electrons. The van der Waals surface area contributed by atoms with Crippen LogP contribution in [0.1, 0.15) is 5.56 Å². The summed E-state index contributed by atoms with van der Waals surface area (Å²) in [4.78, 5) is 36.6. The molecular formula is C17H12N2O5S. The second kappa shape index (κ2) is 6.78. The molecule has 1 saturated heterocycles. The van der Waals surface area contributed by atoms with Gasteiger partial charge >= 0.3 is 5.69 Å². The van der Waals surface area contributed by atoms with E-state index in [2.05, 4.69) is 0 Å². The zero-order chi connectivity index (χ0) is 18.0. The zero-order valence-electron chi connectivity index (χ0n) is 13.0. The van der Waals surface area contributed by atoms with Gasteiger partial charge in [-0.15, -0.1) is 0 Å². The fraction of sp³-hybridized carbons (Fsp3) is 0.0588. The van der Waals surface area contributed by atoms with Crippen LogP contribution in [0.3, 0.4) is 0 Å². The highest BCUT2D eigenvalue weighted by molar-refractivity contribution is 8.19. The molecule has 1 aliphatic rings. The van der Waals surface area contributed by atoms with Gasteiger partial charge in [-0.25, -0.2) is 4.90 Å². The monoisotopic (exact) mass is 356 g/mol. The van der Waals surface area contributed by atoms with Gasteiger partial charge in [0.25, 0.3) is 11.1 Å². The molecule has 0 aliphatic carbocycles. The van der Waals surface area contributed by atoms with Gasteiger partial charge in [0, 0.05) is 11.6 Å². The Morgan fingerprint density at radius 2 is 1.84 bits per heavy atom. The summed E-state index contributed by atoms with van der Waals surface area (Å²) in [5.74, 6) is -0.436. The smallest absolute Gasteiger partial charge is 0.311 e. The first-order valence-corrected chi connectivity index (χ1v) is 7.99. The molecule has 0 spiro atoms. The van der Waals surface area contributed by atoms with Gasteiger partial charge in [0.2, 0.25) is 5.75 Å². The average Bonchev–Trinajstić information content (AvgIpc) is 2.89. The molecule has 25 heavy (non-hydrogen) atoms. The quantitative estimate of drug-likeness (QED) is 0.470. The van der Waals surface area contributed by atoms with Crippen LogP contribution in [0.2, 0.25) is 0 Å². The van der Waals surface area contributed by atoms with Gasteiger partial charge < -0.3 is 4.74 Å². The van der Waals surface area contributed by atoms with E-state index in [-0.39, 0.29) is 16.3 Å². The van der Waals surface area contributed by atoms with E-state index in [0.29, 0.717) is 11.3 Å². The van der Waals surface area contributed by atoms with Crippen LogP contribution in [0, 0.1) is 10.1 Å². The Morgan fingerprint density at radius 3 is 2.48 bits per heavy atom. The molecule has 0 saturated carbocycles. The lowest BCUT2D eigenvalue weighted by atomic mass is 10.1. The molecule has 0 unspecified atom stereocenters. The summed E-state index contributed by atoms with van der Waals surface area (Å²) in [5, 5.41) is 10.7. The number of carbonyl (C=O) groups is 2. The zero-order valence-corrected chi connectivity index (χ0v) is 13.9. The number of carbonyl (C=O) groups excluding carboxylic acids is 2. The van der Waals surface area contributed by atoms with Gasteiger partial charge in [-0.1, -0.05) is 30.3 Å². The lowest BCUT2D eigenvalue weighted by molar-refractivity contribution is -0.385. The molecule has 0 N–H and O–H groups in total. The first-order chi connectivity index (χ1) is 12.0. The maximum atomic E-state index is 12.6. The van der Waals surface area contributed by atoms with Crippen molar-refractivity contribution in [1.29, 1.82) is 0 Å². The van der Waals surface area contributed by atoms with Crippen LogP contribution in [0.15, 0.2) is 53.4 Å². The Kier molecular flexibility index (Phi) is 4.53. The molecule has 1 heterocycles. The minimum atomic E-state index is -0.564. The number of nitro benzene ring substituents is 1. The molecule has 0 aromatic heterocycles. The van der Waals surface area contributed by atoms with Crippen molar-refractivity contribution in [3.8, 4) is 5.75 Å². The number of rotatable bonds is 4. The molecule has 1 aliphatic heterocycles. The largest absolute Gasteiger partial charge is 0.490 e. The third kappa shape index (κ3) is 3.11. The van der Waals surface area contributed by atoms with Gasteiger partial charge in [-0.2, -0.15) is 0 Å². The van der Waals surface area contributed by atoms with Crippen LogP contribution >= 0.6 is 11.8 Å². The Bertz CT molecular complexity index is 895. The Hall–Kier alpha value is -3.13. The first kappa shape index (κ1) is 16.7. The summed E-state index contributed by atoms with van der Waals surface area (Å²) in [5.41, 5.74) is 0.619. The Labute approximate surface area is 147 Å². The van der Waals surface area contributed by atoms with Crippen molar-refractivity contribution in [1.82, 2.24) is 0 Å². The number of nitrogens with zero attached hydrogens (tertiary/aromatic N) is 2. The lowest BCUT2D eigenvalue weighted by Gasteiger charge is -2.11. The number of methoxy groups -OCH3 is 1. The number of hydrogen-bond acceptors (Lipinski definition) is 6. The molecule has 126 valence electrons. The highest BCUT2D eigenvalue weighted by atomic mass is 32.2. The molecule has 2 aromatic rings. The minimum absolute atomic E-state index is 0.0408. The molecule has 3 rings (SSSR count). The second-order valence-corrected chi connectivity index (χ2v) is 6.00. The molecular weight excluding hydrogens is 344 g/mol. The number of para-hydroxylation sites is 2. The van der Waals surface area contributed by atoms with Crippen molar-refractivity contribution < 1.29 is 19.2 Å². The third-order valence-electron chi connectivity index (χ3n) is 3.52. The lowest BCUT2D eigenvalue weighted by Crippen LogP contribution is -2.27. The number of thioether (sulfide) groups is 1. The molecule has 0 bridgehead atoms. The summed E-state index contributed by atoms with van der Waals surface area (Å²) in [6.07, 6.45) is 1.43. The van der Waals surface area contributed by atoms with Crippen molar-refractivity contribution in [2.24, 2.45) is 0 Å². The van der Waals surface area contributed by atoms with Crippen LogP contribution in [0.4, 0.5) is 16.2 Å². The Balaban J connectivity index is 2.01. The average molecular weight is 356 g/mol. The van der Waals surface area contributed by atoms with E-state index in [1.54, 1.807) is 36.4 Å². The fourth-order valence-corrected chi connectivity index (χ4v) is 3.26. The first-order valence-electron chi connectivity index (χ1n) is 7.17. The van der Waals surface area contributed by atoms with Crippen LogP contribution in [0.5, 0.6) is 5.75 Å². The summed E-state index contributed by atoms with van der Waals surface area (Å²) in [6, 6.07) is 13.0. The van der Waals surface area contributed by atoms with Crippen LogP contribution < -0.4 is 9.64 Å². The highest BCUT2D eigenvalue weighted by Crippen LogP contribution is 2.38. The molecule has 2 amide bonds. The predicted molar refractivity (Wildman–Crippen MR) is 94.5 cm³/mol. The number of imide groups is 1. The van der Waals surface area contributed by atoms with Gasteiger partial charge in [-0.05, 0) is 30.0 Å². The van der Waals surface area contributed by atoms with E-state index in [1.807, 2.05) is 0 Å². The van der Waals surface area contributed by atoms with Crippen molar-refractivity contribution in [3.05, 3.63) is 69.1 Å². The van der Waals surface area contributed by atoms with Gasteiger partial charge in [0.1, 0.15) is 0 Å². The van der Waals surface area contributed by atoms with Gasteiger partial charge in [0.15, 0.2) is 0 Å². The van der Waals surface area contributed by atoms with E-state index < -0.39 is 16.1 Å². The third-order valence-corrected chi connectivity index (χ3v) is 4.39. The van der Waals surface area contributed by atoms with Crippen molar-refractivity contribution in [2.75, 3.05) is 12.0 Å². The van der Waals surface area contributed by atoms with Crippen LogP contribution in [-0.2, 0) is 4.79 Å². The van der Waals surface area contributed by atoms with E-state index in [9.17, 15) is 19.7 Å². The maximum Gasteiger partial charge on any atom is 0.311 e. The number of ether oxygens (including phenoxy) is 1. The standard InChI is InChI=1S/C17H12N2O5S/c1-24-15-11(6-5-9-13(15)19(22)23)10-14-16(20)18(17(21)25-14)12-7-3-2-4-8-12/h2-10H,1H3/b14-10+. The number of benzene rings is 2. The van der Waals surface area contributed by atoms with Crippen LogP contribution in [-0.4, -0.2) is 23.2 Å². The van der Waals surface area contributed by atoms with Crippen molar-refractivity contribution in [2.45, 2.75) is 0 Å². The molecule has 7 nitrogen and oxygen atoms in total. The van der Waals surface area contributed by atoms with E-state index in [0.717, 1.165) is 16.7 Å². The minimum Gasteiger partial charge on any atom is -0.490 e. The summed E-state index contributed by atoms with van der Waals surface area (Å²) in [6.45, 7) is 0. The Morgan fingerprint density at radius 1 is 1.12 bits per heavy atom. The SMILES string of the molecule is COc1c(/C=C2/SC(=O)N(c3ccccc3)C2=O)cccc1[N+](=O)[O-]. The van der Waals surface area contributed by atoms with E-state index >= 15 is 0 Å². The van der Waals surface area contributed by atoms with E-state index in [1.165, 1.54) is 25.3 Å². The normalized spacial score (nSPS) is 15.7. The van der Waals surface area contributed by atoms with E-state index in [4.69, 9.17) is 4.74 Å². The predicted octanol–water partition coefficient (Wildman–Crippen LogP) is 3.84. The van der Waals surface area contributed by atoms with Crippen molar-refractivity contribution in [3.63, 3.8) is 0 Å². The second-order valence-electron chi connectivity index (χ2n) is 5.01. The number of anilines is 1. The van der Waals surface area contributed by atoms with Crippen molar-refractivity contribution >= 4 is 40.4 Å². The molecule has 8 heteroatoms. The maximum absolute atomic E-state index is 12.6. The number of amides is 2. The highest BCUT2D eigenvalue weighted by Gasteiger charge is 2.36. The summed E-state index contributed by atoms with van der Waals surface area (Å²) in [7, 11) is 1.31. The summed E-state index contributed by atoms with van der Waals surface area (Å²) >= 11 is 0.778. The van der Waals surface area contributed by atoms with Gasteiger partial charge in [-0.3, -0.25) is 19.7 Å². The fourth-order valence-electron chi connectivity index (χ4n) is 2.43. The topological polar surface area (TPSA) is 89.8 Å². The van der Waals surface area contributed by atoms with Crippen LogP contribution in [0.25, 0.3) is 6.08 Å². The summed E-state index contributed by atoms with van der Waals surface area (Å²) < 4.78 is 5.12.